The molecule has 0 spiro atoms. The number of hydrogen-bond acceptors (Lipinski definition) is 3. The molecule has 6 heteroatoms. The van der Waals surface area contributed by atoms with E-state index in [9.17, 15) is 9.59 Å². The van der Waals surface area contributed by atoms with Gasteiger partial charge in [0, 0.05) is 25.2 Å². The highest BCUT2D eigenvalue weighted by Crippen LogP contribution is 2.29. The Morgan fingerprint density at radius 1 is 1.26 bits per heavy atom. The zero-order chi connectivity index (χ0) is 14.2. The van der Waals surface area contributed by atoms with Gasteiger partial charge in [-0.15, -0.1) is 0 Å². The molecule has 108 valence electrons. The molecule has 0 bridgehead atoms. The van der Waals surface area contributed by atoms with Crippen LogP contribution in [-0.4, -0.2) is 77.6 Å². The fraction of sp³-hybridized carbons (Fsp3) is 0.846. The average Bonchev–Trinajstić information content (AvgIpc) is 3.07. The summed E-state index contributed by atoms with van der Waals surface area (Å²) < 4.78 is 0. The van der Waals surface area contributed by atoms with Gasteiger partial charge in [-0.05, 0) is 32.9 Å². The number of urea groups is 1. The normalized spacial score (nSPS) is 26.8. The van der Waals surface area contributed by atoms with Crippen molar-refractivity contribution in [1.82, 2.24) is 14.7 Å². The molecular formula is C13H23N3O3. The molecule has 19 heavy (non-hydrogen) atoms. The van der Waals surface area contributed by atoms with Crippen molar-refractivity contribution in [1.29, 1.82) is 0 Å². The van der Waals surface area contributed by atoms with Crippen LogP contribution in [0.4, 0.5) is 4.79 Å². The van der Waals surface area contributed by atoms with E-state index in [4.69, 9.17) is 5.11 Å². The first kappa shape index (κ1) is 14.1. The monoisotopic (exact) mass is 269 g/mol. The number of carboxylic acids is 1. The van der Waals surface area contributed by atoms with Crippen LogP contribution in [0.15, 0.2) is 0 Å². The molecule has 2 rings (SSSR count). The molecule has 2 amide bonds. The van der Waals surface area contributed by atoms with Crippen LogP contribution >= 0.6 is 0 Å². The fourth-order valence-electron chi connectivity index (χ4n) is 2.84. The van der Waals surface area contributed by atoms with Crippen LogP contribution < -0.4 is 0 Å². The number of carbonyl (C=O) groups excluding carboxylic acids is 1. The second-order valence-corrected chi connectivity index (χ2v) is 5.95. The third-order valence-electron chi connectivity index (χ3n) is 4.05. The molecule has 0 aromatic carbocycles. The van der Waals surface area contributed by atoms with Gasteiger partial charge in [0.1, 0.15) is 6.54 Å². The molecule has 0 radical (unpaired) electrons. The van der Waals surface area contributed by atoms with Crippen LogP contribution in [0.2, 0.25) is 0 Å². The largest absolute Gasteiger partial charge is 0.480 e. The van der Waals surface area contributed by atoms with Gasteiger partial charge in [0.05, 0.1) is 0 Å². The predicted molar refractivity (Wildman–Crippen MR) is 71.0 cm³/mol. The molecule has 6 nitrogen and oxygen atoms in total. The summed E-state index contributed by atoms with van der Waals surface area (Å²) in [6.45, 7) is 3.36. The number of likely N-dealkylation sites (N-methyl/N-ethyl adjacent to an activating group) is 1. The molecule has 0 aromatic rings. The molecule has 1 aliphatic carbocycles. The van der Waals surface area contributed by atoms with Crippen LogP contribution in [0, 0.1) is 5.92 Å². The summed E-state index contributed by atoms with van der Waals surface area (Å²) in [6, 6.07) is 0.383. The van der Waals surface area contributed by atoms with Gasteiger partial charge in [0.25, 0.3) is 0 Å². The second kappa shape index (κ2) is 5.36. The minimum absolute atomic E-state index is 0.110. The molecule has 2 atom stereocenters. The van der Waals surface area contributed by atoms with E-state index < -0.39 is 5.97 Å². The lowest BCUT2D eigenvalue weighted by molar-refractivity contribution is -0.137. The molecule has 1 saturated carbocycles. The first-order valence-corrected chi connectivity index (χ1v) is 6.84. The van der Waals surface area contributed by atoms with Crippen LogP contribution in [0.3, 0.4) is 0 Å². The van der Waals surface area contributed by atoms with Crippen molar-refractivity contribution >= 4 is 12.0 Å². The number of aliphatic carboxylic acids is 1. The fourth-order valence-corrected chi connectivity index (χ4v) is 2.84. The third kappa shape index (κ3) is 3.18. The van der Waals surface area contributed by atoms with Gasteiger partial charge in [0.15, 0.2) is 0 Å². The van der Waals surface area contributed by atoms with Crippen molar-refractivity contribution in [2.75, 3.05) is 33.7 Å². The predicted octanol–water partition coefficient (Wildman–Crippen LogP) is 0.537. The molecule has 2 aliphatic rings. The quantitative estimate of drug-likeness (QED) is 0.809. The zero-order valence-corrected chi connectivity index (χ0v) is 11.9. The average molecular weight is 269 g/mol. The van der Waals surface area contributed by atoms with E-state index in [1.165, 1.54) is 4.90 Å². The highest BCUT2D eigenvalue weighted by atomic mass is 16.4. The van der Waals surface area contributed by atoms with Crippen molar-refractivity contribution in [2.24, 2.45) is 5.92 Å². The maximum Gasteiger partial charge on any atom is 0.323 e. The summed E-state index contributed by atoms with van der Waals surface area (Å²) in [7, 11) is 4.04. The van der Waals surface area contributed by atoms with Crippen molar-refractivity contribution < 1.29 is 14.7 Å². The molecule has 2 unspecified atom stereocenters. The standard InChI is InChI=1S/C13H23N3O3/c1-9-6-15(7-11(9)14(2)3)13(19)16(8-12(17)18)10-4-5-10/h9-11H,4-8H2,1-3H3,(H,17,18). The maximum absolute atomic E-state index is 12.4. The summed E-state index contributed by atoms with van der Waals surface area (Å²) in [6.07, 6.45) is 1.86. The Kier molecular flexibility index (Phi) is 3.99. The lowest BCUT2D eigenvalue weighted by atomic mass is 10.1. The van der Waals surface area contributed by atoms with Gasteiger partial charge in [-0.3, -0.25) is 4.79 Å². The number of carboxylic acid groups (broad SMARTS) is 1. The van der Waals surface area contributed by atoms with E-state index in [-0.39, 0.29) is 18.6 Å². The Bertz CT molecular complexity index is 368. The number of rotatable bonds is 4. The van der Waals surface area contributed by atoms with Gasteiger partial charge in [-0.2, -0.15) is 0 Å². The first-order valence-electron chi connectivity index (χ1n) is 6.84. The zero-order valence-electron chi connectivity index (χ0n) is 11.9. The van der Waals surface area contributed by atoms with Crippen LogP contribution in [-0.2, 0) is 4.79 Å². The highest BCUT2D eigenvalue weighted by molar-refractivity contribution is 5.81. The molecule has 0 aromatic heterocycles. The first-order chi connectivity index (χ1) is 8.90. The van der Waals surface area contributed by atoms with E-state index in [0.29, 0.717) is 25.0 Å². The number of likely N-dealkylation sites (tertiary alicyclic amines) is 1. The second-order valence-electron chi connectivity index (χ2n) is 5.95. The van der Waals surface area contributed by atoms with Crippen molar-refractivity contribution in [3.05, 3.63) is 0 Å². The number of amides is 2. The van der Waals surface area contributed by atoms with Crippen molar-refractivity contribution in [3.8, 4) is 0 Å². The van der Waals surface area contributed by atoms with Gasteiger partial charge in [-0.1, -0.05) is 6.92 Å². The van der Waals surface area contributed by atoms with Gasteiger partial charge >= 0.3 is 12.0 Å². The SMILES string of the molecule is CC1CN(C(=O)N(CC(=O)O)C2CC2)CC1N(C)C. The third-order valence-corrected chi connectivity index (χ3v) is 4.05. The number of hydrogen-bond donors (Lipinski definition) is 1. The van der Waals surface area contributed by atoms with Gasteiger partial charge in [0.2, 0.25) is 0 Å². The van der Waals surface area contributed by atoms with E-state index in [2.05, 4.69) is 11.8 Å². The molecule has 1 saturated heterocycles. The Morgan fingerprint density at radius 2 is 1.89 bits per heavy atom. The highest BCUT2D eigenvalue weighted by Gasteiger charge is 2.40. The summed E-state index contributed by atoms with van der Waals surface area (Å²) in [4.78, 5) is 28.8. The Labute approximate surface area is 114 Å². The topological polar surface area (TPSA) is 64.1 Å². The molecule has 1 aliphatic heterocycles. The van der Waals surface area contributed by atoms with E-state index in [0.717, 1.165) is 12.8 Å². The van der Waals surface area contributed by atoms with E-state index in [1.54, 1.807) is 4.90 Å². The minimum Gasteiger partial charge on any atom is -0.480 e. The lowest BCUT2D eigenvalue weighted by Gasteiger charge is -2.27. The van der Waals surface area contributed by atoms with E-state index in [1.807, 2.05) is 14.1 Å². The van der Waals surface area contributed by atoms with Gasteiger partial charge in [-0.25, -0.2) is 4.79 Å². The summed E-state index contributed by atoms with van der Waals surface area (Å²) in [5, 5.41) is 8.92. The van der Waals surface area contributed by atoms with Crippen molar-refractivity contribution in [3.63, 3.8) is 0 Å². The molecule has 1 heterocycles. The Balaban J connectivity index is 2.00. The molecule has 2 fully saturated rings. The van der Waals surface area contributed by atoms with Crippen LogP contribution in [0.1, 0.15) is 19.8 Å². The minimum atomic E-state index is -0.934. The van der Waals surface area contributed by atoms with Crippen LogP contribution in [0.5, 0.6) is 0 Å². The smallest absolute Gasteiger partial charge is 0.323 e. The summed E-state index contributed by atoms with van der Waals surface area (Å²) in [5.41, 5.74) is 0. The van der Waals surface area contributed by atoms with Gasteiger partial charge < -0.3 is 19.8 Å². The van der Waals surface area contributed by atoms with Crippen LogP contribution in [0.25, 0.3) is 0 Å². The number of nitrogens with zero attached hydrogens (tertiary/aromatic N) is 3. The Hall–Kier alpha value is -1.30. The summed E-state index contributed by atoms with van der Waals surface area (Å²) >= 11 is 0. The lowest BCUT2D eigenvalue weighted by Crippen LogP contribution is -2.46. The maximum atomic E-state index is 12.4. The van der Waals surface area contributed by atoms with Crippen molar-refractivity contribution in [2.45, 2.75) is 31.8 Å². The number of carbonyl (C=O) groups is 2. The molecule has 1 N–H and O–H groups in total. The molecular weight excluding hydrogens is 246 g/mol. The Morgan fingerprint density at radius 3 is 2.32 bits per heavy atom. The van der Waals surface area contributed by atoms with E-state index >= 15 is 0 Å². The summed E-state index contributed by atoms with van der Waals surface area (Å²) in [5.74, 6) is -0.513.